The number of rotatable bonds is 9. The van der Waals surface area contributed by atoms with Crippen molar-refractivity contribution in [3.05, 3.63) is 380 Å². The molecule has 0 unspecified atom stereocenters. The van der Waals surface area contributed by atoms with Gasteiger partial charge >= 0.3 is 0 Å². The first kappa shape index (κ1) is 68.5. The minimum atomic E-state index is -3.08. The van der Waals surface area contributed by atoms with E-state index in [1.54, 1.807) is 76.2 Å². The van der Waals surface area contributed by atoms with Gasteiger partial charge in [0.1, 0.15) is 35.2 Å². The second kappa shape index (κ2) is 37.7. The highest BCUT2D eigenvalue weighted by Crippen LogP contribution is 2.60. The van der Waals surface area contributed by atoms with Crippen molar-refractivity contribution in [2.45, 2.75) is 251 Å². The third kappa shape index (κ3) is 16.9. The fourth-order valence-corrected chi connectivity index (χ4v) is 23.2. The molecule has 143 heavy (non-hydrogen) atoms. The number of hydrogen-bond donors (Lipinski definition) is 0. The van der Waals surface area contributed by atoms with E-state index in [9.17, 15) is 26.3 Å². The smallest absolute Gasteiger partial charge is 0.199 e. The Bertz CT molecular complexity index is 9440. The van der Waals surface area contributed by atoms with Crippen molar-refractivity contribution in [3.8, 4) is 142 Å². The summed E-state index contributed by atoms with van der Waals surface area (Å²) in [7, 11) is 9.38. The molecule has 10 heteroatoms. The fraction of sp³-hybridized carbons (Fsp3) is 0.323. The lowest BCUT2D eigenvalue weighted by Gasteiger charge is -2.25. The molecule has 20 rings (SSSR count). The molecule has 0 bridgehead atoms. The predicted octanol–water partition coefficient (Wildman–Crippen LogP) is 29.7. The van der Waals surface area contributed by atoms with E-state index in [2.05, 4.69) is 135 Å². The molecule has 10 aromatic carbocycles. The summed E-state index contributed by atoms with van der Waals surface area (Å²) >= 11 is 0. The Balaban J connectivity index is 0.000000151. The van der Waals surface area contributed by atoms with Crippen LogP contribution in [-0.4, -0.2) is 0 Å². The summed E-state index contributed by atoms with van der Waals surface area (Å²) in [6.07, 6.45) is 0. The Labute approximate surface area is 895 Å². The molecule has 718 valence electrons. The Morgan fingerprint density at radius 3 is 0.895 bits per heavy atom. The summed E-state index contributed by atoms with van der Waals surface area (Å²) in [6, 6.07) is 76.0. The first-order valence-electron chi connectivity index (χ1n) is 63.4. The van der Waals surface area contributed by atoms with E-state index < -0.39 is 107 Å². The third-order valence-electron chi connectivity index (χ3n) is 30.9. The van der Waals surface area contributed by atoms with Crippen LogP contribution in [0.1, 0.15) is 358 Å². The van der Waals surface area contributed by atoms with Gasteiger partial charge in [0.25, 0.3) is 0 Å². The van der Waals surface area contributed by atoms with E-state index in [4.69, 9.17) is 42.5 Å². The highest BCUT2D eigenvalue weighted by molar-refractivity contribution is 5.96. The molecule has 5 heterocycles. The van der Waals surface area contributed by atoms with Crippen molar-refractivity contribution in [1.29, 1.82) is 26.3 Å². The zero-order valence-corrected chi connectivity index (χ0v) is 86.2. The van der Waals surface area contributed by atoms with E-state index in [-0.39, 0.29) is 27.7 Å². The Hall–Kier alpha value is -14.6. The molecule has 10 nitrogen and oxygen atoms in total. The van der Waals surface area contributed by atoms with E-state index >= 15 is 0 Å². The number of nitriles is 5. The number of hydrogen-bond acceptors (Lipinski definition) is 5. The topological polar surface area (TPSA) is 138 Å². The van der Waals surface area contributed by atoms with Gasteiger partial charge < -0.3 is 0 Å². The fourth-order valence-electron chi connectivity index (χ4n) is 23.2. The Morgan fingerprint density at radius 2 is 0.531 bits per heavy atom. The molecular formula is C133H141N10+5. The summed E-state index contributed by atoms with van der Waals surface area (Å²) in [5.41, 5.74) is 37.3. The van der Waals surface area contributed by atoms with Crippen molar-refractivity contribution < 1.29 is 65.3 Å². The number of pyridine rings is 5. The summed E-state index contributed by atoms with van der Waals surface area (Å²) in [5.74, 6) is -11.2. The largest absolute Gasteiger partial charge is 0.213 e. The van der Waals surface area contributed by atoms with Gasteiger partial charge in [0, 0.05) is 176 Å². The number of aryl methyl sites for hydroxylation is 11. The summed E-state index contributed by atoms with van der Waals surface area (Å²) < 4.78 is 260. The summed E-state index contributed by atoms with van der Waals surface area (Å²) in [4.78, 5) is 0. The summed E-state index contributed by atoms with van der Waals surface area (Å²) in [6.45, 7) is 13.3. The highest BCUT2D eigenvalue weighted by atomic mass is 15.0. The zero-order valence-electron chi connectivity index (χ0n) is 117. The Kier molecular flexibility index (Phi) is 18.1. The lowest BCUT2D eigenvalue weighted by atomic mass is 9.77. The molecule has 0 N–H and O–H groups in total. The highest BCUT2D eigenvalue weighted by Gasteiger charge is 2.48. The molecule has 0 amide bonds. The number of aromatic nitrogens is 5. The van der Waals surface area contributed by atoms with Gasteiger partial charge in [-0.2, -0.15) is 49.1 Å². The predicted molar refractivity (Wildman–Crippen MR) is 585 cm³/mol. The molecule has 0 aliphatic heterocycles. The van der Waals surface area contributed by atoms with Crippen LogP contribution in [0.3, 0.4) is 0 Å². The Morgan fingerprint density at radius 1 is 0.245 bits per heavy atom. The minimum absolute atomic E-state index is 0.0646. The van der Waals surface area contributed by atoms with Gasteiger partial charge in [-0.15, -0.1) is 0 Å². The van der Waals surface area contributed by atoms with Crippen LogP contribution in [0.4, 0.5) is 0 Å². The van der Waals surface area contributed by atoms with Gasteiger partial charge in [-0.05, 0) is 263 Å². The van der Waals surface area contributed by atoms with Crippen molar-refractivity contribution in [2.24, 2.45) is 35.2 Å². The van der Waals surface area contributed by atoms with E-state index in [0.717, 1.165) is 178 Å². The second-order valence-electron chi connectivity index (χ2n) is 41.4. The normalized spacial score (nSPS) is 18.2. The standard InChI is InChI=1S/4C27H29N2.C25H25N2/c1-16(2)20-12-18(4)29(7)24(14-20)25-17(3)8-10-22-21-11-9-19(15-28)13-23(21)27(5,6)26(22)25;1-16(2)20-12-18(4)29(7)24(14-20)25-17(3)8-10-21-22-13-19(15-28)9-11-23(22)27(5,6)26(21)25;1-16(2)20-13-18(4)29(7)23(14-20)24-17(3)11-12-21-25-19(15-28)9-8-10-22(25)27(5,6)26(21)24;1-16(2)20-13-18(4)29(7)23(14-20)24-17(3)11-12-22-21-10-8-9-19(15-28)25(21)27(5,6)26(22)24;1-15-12-17(3)27(6)21(13-15)22-16(2)10-11-19-23-18(14-26)8-7-9-20(23)25(4,5)24(19)22/h4*8-14,16H,1-7H3;7-13H,1-6H3/q5*+1/i4*1D3,2D3,16D;1D3. The van der Waals surface area contributed by atoms with Crippen LogP contribution in [0, 0.1) is 133 Å². The van der Waals surface area contributed by atoms with Gasteiger partial charge in [0.05, 0.1) is 86.0 Å². The van der Waals surface area contributed by atoms with Crippen LogP contribution >= 0.6 is 0 Å². The van der Waals surface area contributed by atoms with Crippen LogP contribution in [0.5, 0.6) is 0 Å². The lowest BCUT2D eigenvalue weighted by molar-refractivity contribution is -0.667. The van der Waals surface area contributed by atoms with Crippen molar-refractivity contribution in [2.75, 3.05) is 0 Å². The van der Waals surface area contributed by atoms with Crippen LogP contribution in [0.15, 0.2) is 212 Å². The molecule has 0 atom stereocenters. The van der Waals surface area contributed by atoms with Crippen LogP contribution in [-0.2, 0) is 62.3 Å². The second-order valence-corrected chi connectivity index (χ2v) is 41.4. The molecule has 0 radical (unpaired) electrons. The summed E-state index contributed by atoms with van der Waals surface area (Å²) in [5, 5.41) is 48.3. The first-order chi connectivity index (χ1) is 79.9. The SMILES string of the molecule is [2H]C([2H])([2H])C([2H])(c1cc(C)[n+](C)c(-c2c(C)ccc3c2C(C)(C)c2c(C#N)cccc2-3)c1)C([2H])([2H])[2H].[2H]C([2H])([2H])C([2H])(c1cc(C)[n+](C)c(-c2c(C)ccc3c2C(C)(C)c2cc(C#N)ccc2-3)c1)C([2H])([2H])[2H].[2H]C([2H])([2H])C([2H])(c1cc(C)[n+](C)c(-c2c(C)ccc3c2C(C)(C)c2ccc(C#N)cc2-3)c1)C([2H])([2H])[2H].[2H]C([2H])([2H])C([2H])(c1cc(C)[n+](C)c(-c2c(C)ccc3c2C(C)(C)c2cccc(C#N)c2-3)c1)C([2H])([2H])[2H].[2H]C([2H])([2H])c1cc(C)[n+](C)c(-c2c(C)ccc3c2C(C)(C)c2cccc(C#N)c2-3)c1. The van der Waals surface area contributed by atoms with Gasteiger partial charge in [-0.1, -0.05) is 233 Å². The number of fused-ring (bicyclic) bond motifs is 15. The molecule has 15 aromatic rings. The lowest BCUT2D eigenvalue weighted by Crippen LogP contribution is -2.36. The van der Waals surface area contributed by atoms with Crippen LogP contribution in [0.25, 0.3) is 112 Å². The number of benzene rings is 10. The van der Waals surface area contributed by atoms with Crippen molar-refractivity contribution in [1.82, 2.24) is 0 Å². The quantitative estimate of drug-likeness (QED) is 0.132. The molecule has 0 fully saturated rings. The zero-order chi connectivity index (χ0) is 130. The minimum Gasteiger partial charge on any atom is -0.199 e. The molecule has 0 spiro atoms. The maximum Gasteiger partial charge on any atom is 0.213 e. The van der Waals surface area contributed by atoms with Gasteiger partial charge in [-0.25, -0.2) is 0 Å². The maximum absolute atomic E-state index is 9.83. The maximum atomic E-state index is 9.83. The van der Waals surface area contributed by atoms with Crippen LogP contribution < -0.4 is 22.8 Å². The van der Waals surface area contributed by atoms with E-state index in [0.29, 0.717) is 78.9 Å². The molecule has 5 aliphatic carbocycles. The van der Waals surface area contributed by atoms with Crippen LogP contribution in [0.2, 0.25) is 0 Å². The average Bonchev–Trinajstić information content (AvgIpc) is 1.55. The molecule has 5 aliphatic rings. The molecule has 0 saturated heterocycles. The molecular weight excluding hydrogens is 1740 g/mol. The average molecular weight is 1910 g/mol. The van der Waals surface area contributed by atoms with E-state index in [1.807, 2.05) is 203 Å². The molecule has 0 saturated carbocycles. The van der Waals surface area contributed by atoms with Crippen molar-refractivity contribution in [3.63, 3.8) is 0 Å². The van der Waals surface area contributed by atoms with Gasteiger partial charge in [-0.3, -0.25) is 0 Å². The number of nitrogens with zero attached hydrogens (tertiary/aromatic N) is 10. The van der Waals surface area contributed by atoms with Gasteiger partial charge in [0.15, 0.2) is 28.5 Å². The van der Waals surface area contributed by atoms with E-state index in [1.165, 1.54) is 24.3 Å². The monoisotopic (exact) mass is 1910 g/mol. The van der Waals surface area contributed by atoms with Crippen molar-refractivity contribution >= 4 is 0 Å². The van der Waals surface area contributed by atoms with Gasteiger partial charge in [0.2, 0.25) is 28.5 Å². The third-order valence-corrected chi connectivity index (χ3v) is 30.9. The first-order valence-corrected chi connectivity index (χ1v) is 47.9. The molecule has 5 aromatic heterocycles.